The van der Waals surface area contributed by atoms with E-state index in [1.807, 2.05) is 40.7 Å². The molecule has 0 aliphatic heterocycles. The molecule has 2 aromatic rings. The monoisotopic (exact) mass is 361 g/mol. The second-order valence-electron chi connectivity index (χ2n) is 7.21. The standard InChI is InChI=1S/C19H28FN5O/c1-6-21-18(22-10-9-14-7-8-15(20)11-13(14)2)23-12-16-24-17(26-25-16)19(3,4)5/h7-8,11H,6,9-10,12H2,1-5H3,(H2,21,22,23). The van der Waals surface area contributed by atoms with Crippen LogP contribution in [0.3, 0.4) is 0 Å². The predicted octanol–water partition coefficient (Wildman–Crippen LogP) is 3.11. The summed E-state index contributed by atoms with van der Waals surface area (Å²) < 4.78 is 18.5. The predicted molar refractivity (Wildman–Crippen MR) is 101 cm³/mol. The van der Waals surface area contributed by atoms with Crippen LogP contribution in [-0.2, 0) is 18.4 Å². The molecule has 0 radical (unpaired) electrons. The molecule has 142 valence electrons. The molecule has 6 nitrogen and oxygen atoms in total. The largest absolute Gasteiger partial charge is 0.357 e. The Morgan fingerprint density at radius 1 is 1.27 bits per heavy atom. The molecule has 1 aromatic heterocycles. The van der Waals surface area contributed by atoms with Crippen molar-refractivity contribution in [1.82, 2.24) is 20.8 Å². The number of aliphatic imine (C=N–C) groups is 1. The van der Waals surface area contributed by atoms with Crippen LogP contribution in [0.25, 0.3) is 0 Å². The summed E-state index contributed by atoms with van der Waals surface area (Å²) in [4.78, 5) is 8.88. The van der Waals surface area contributed by atoms with E-state index in [9.17, 15) is 4.39 Å². The van der Waals surface area contributed by atoms with E-state index in [2.05, 4.69) is 25.8 Å². The van der Waals surface area contributed by atoms with Crippen molar-refractivity contribution in [3.63, 3.8) is 0 Å². The summed E-state index contributed by atoms with van der Waals surface area (Å²) in [6.07, 6.45) is 0.785. The third kappa shape index (κ3) is 5.82. The third-order valence-electron chi connectivity index (χ3n) is 3.82. The lowest BCUT2D eigenvalue weighted by atomic mass is 9.97. The Bertz CT molecular complexity index is 749. The second-order valence-corrected chi connectivity index (χ2v) is 7.21. The van der Waals surface area contributed by atoms with Gasteiger partial charge in [-0.1, -0.05) is 32.0 Å². The van der Waals surface area contributed by atoms with Gasteiger partial charge in [0, 0.05) is 18.5 Å². The summed E-state index contributed by atoms with van der Waals surface area (Å²) >= 11 is 0. The number of benzene rings is 1. The second kappa shape index (κ2) is 8.78. The molecule has 1 heterocycles. The summed E-state index contributed by atoms with van der Waals surface area (Å²) in [6, 6.07) is 4.87. The van der Waals surface area contributed by atoms with E-state index < -0.39 is 0 Å². The highest BCUT2D eigenvalue weighted by molar-refractivity contribution is 5.79. The zero-order chi connectivity index (χ0) is 19.2. The molecule has 0 bridgehead atoms. The van der Waals surface area contributed by atoms with Gasteiger partial charge in [0.05, 0.1) is 0 Å². The van der Waals surface area contributed by atoms with Crippen LogP contribution in [0.15, 0.2) is 27.7 Å². The minimum atomic E-state index is -0.205. The van der Waals surface area contributed by atoms with Crippen LogP contribution in [0.1, 0.15) is 50.5 Å². The molecule has 0 aliphatic rings. The van der Waals surface area contributed by atoms with Crippen LogP contribution >= 0.6 is 0 Å². The first kappa shape index (κ1) is 19.9. The third-order valence-corrected chi connectivity index (χ3v) is 3.82. The van der Waals surface area contributed by atoms with E-state index in [4.69, 9.17) is 4.52 Å². The minimum absolute atomic E-state index is 0.176. The van der Waals surface area contributed by atoms with Gasteiger partial charge in [-0.2, -0.15) is 4.98 Å². The lowest BCUT2D eigenvalue weighted by Gasteiger charge is -2.12. The Balaban J connectivity index is 1.93. The van der Waals surface area contributed by atoms with E-state index in [1.165, 1.54) is 6.07 Å². The number of hydrogen-bond acceptors (Lipinski definition) is 4. The van der Waals surface area contributed by atoms with Gasteiger partial charge in [0.2, 0.25) is 5.89 Å². The molecule has 0 spiro atoms. The Morgan fingerprint density at radius 2 is 2.04 bits per heavy atom. The highest BCUT2D eigenvalue weighted by Crippen LogP contribution is 2.19. The van der Waals surface area contributed by atoms with Crippen LogP contribution in [0.2, 0.25) is 0 Å². The Hall–Kier alpha value is -2.44. The molecule has 7 heteroatoms. The SMILES string of the molecule is CCNC(=NCc1noc(C(C)(C)C)n1)NCCc1ccc(F)cc1C. The Labute approximate surface area is 154 Å². The van der Waals surface area contributed by atoms with E-state index in [0.29, 0.717) is 30.8 Å². The molecule has 0 amide bonds. The first-order valence-electron chi connectivity index (χ1n) is 8.90. The van der Waals surface area contributed by atoms with E-state index in [-0.39, 0.29) is 11.2 Å². The summed E-state index contributed by atoms with van der Waals surface area (Å²) in [5.74, 6) is 1.65. The minimum Gasteiger partial charge on any atom is -0.357 e. The van der Waals surface area contributed by atoms with Gasteiger partial charge in [0.15, 0.2) is 11.8 Å². The van der Waals surface area contributed by atoms with Crippen LogP contribution in [0.5, 0.6) is 0 Å². The number of halogens is 1. The number of aromatic nitrogens is 2. The summed E-state index contributed by atoms with van der Waals surface area (Å²) in [6.45, 7) is 11.8. The normalized spacial score (nSPS) is 12.3. The molecule has 0 aliphatic carbocycles. The maximum absolute atomic E-state index is 13.2. The highest BCUT2D eigenvalue weighted by atomic mass is 19.1. The highest BCUT2D eigenvalue weighted by Gasteiger charge is 2.21. The van der Waals surface area contributed by atoms with Crippen molar-refractivity contribution in [1.29, 1.82) is 0 Å². The van der Waals surface area contributed by atoms with E-state index in [1.54, 1.807) is 6.07 Å². The average molecular weight is 361 g/mol. The number of rotatable bonds is 6. The molecule has 2 N–H and O–H groups in total. The topological polar surface area (TPSA) is 75.3 Å². The van der Waals surface area contributed by atoms with Gasteiger partial charge in [-0.25, -0.2) is 9.38 Å². The number of nitrogens with one attached hydrogen (secondary N) is 2. The average Bonchev–Trinajstić information content (AvgIpc) is 3.04. The van der Waals surface area contributed by atoms with Crippen molar-refractivity contribution in [2.24, 2.45) is 4.99 Å². The molecular weight excluding hydrogens is 333 g/mol. The van der Waals surface area contributed by atoms with Crippen LogP contribution in [0.4, 0.5) is 4.39 Å². The fourth-order valence-corrected chi connectivity index (χ4v) is 2.37. The quantitative estimate of drug-likeness (QED) is 0.611. The molecule has 1 aromatic carbocycles. The summed E-state index contributed by atoms with van der Waals surface area (Å²) in [7, 11) is 0. The van der Waals surface area contributed by atoms with E-state index in [0.717, 1.165) is 24.1 Å². The molecular formula is C19H28FN5O. The number of nitrogens with zero attached hydrogens (tertiary/aromatic N) is 3. The fraction of sp³-hybridized carbons (Fsp3) is 0.526. The Kier molecular flexibility index (Phi) is 6.71. The van der Waals surface area contributed by atoms with E-state index >= 15 is 0 Å². The molecule has 0 saturated heterocycles. The molecule has 0 unspecified atom stereocenters. The maximum Gasteiger partial charge on any atom is 0.232 e. The maximum atomic E-state index is 13.2. The zero-order valence-electron chi connectivity index (χ0n) is 16.2. The van der Waals surface area contributed by atoms with Gasteiger partial charge in [-0.15, -0.1) is 0 Å². The number of guanidine groups is 1. The molecule has 0 fully saturated rings. The van der Waals surface area contributed by atoms with Crippen molar-refractivity contribution in [3.8, 4) is 0 Å². The van der Waals surface area contributed by atoms with Crippen molar-refractivity contribution in [2.75, 3.05) is 13.1 Å². The van der Waals surface area contributed by atoms with Gasteiger partial charge >= 0.3 is 0 Å². The summed E-state index contributed by atoms with van der Waals surface area (Å²) in [5, 5.41) is 10.4. The van der Waals surface area contributed by atoms with Crippen LogP contribution in [0, 0.1) is 12.7 Å². The smallest absolute Gasteiger partial charge is 0.232 e. The molecule has 2 rings (SSSR count). The summed E-state index contributed by atoms with van der Waals surface area (Å²) in [5.41, 5.74) is 1.89. The van der Waals surface area contributed by atoms with Crippen molar-refractivity contribution < 1.29 is 8.91 Å². The first-order chi connectivity index (χ1) is 12.3. The molecule has 0 atom stereocenters. The number of hydrogen-bond donors (Lipinski definition) is 2. The van der Waals surface area contributed by atoms with Crippen molar-refractivity contribution >= 4 is 5.96 Å². The first-order valence-corrected chi connectivity index (χ1v) is 8.90. The number of aryl methyl sites for hydroxylation is 1. The molecule has 26 heavy (non-hydrogen) atoms. The van der Waals surface area contributed by atoms with Crippen molar-refractivity contribution in [3.05, 3.63) is 46.9 Å². The lowest BCUT2D eigenvalue weighted by Crippen LogP contribution is -2.38. The van der Waals surface area contributed by atoms with Gasteiger partial charge in [0.25, 0.3) is 0 Å². The molecule has 0 saturated carbocycles. The Morgan fingerprint density at radius 3 is 2.65 bits per heavy atom. The van der Waals surface area contributed by atoms with Gasteiger partial charge in [-0.3, -0.25) is 0 Å². The fourth-order valence-electron chi connectivity index (χ4n) is 2.37. The van der Waals surface area contributed by atoms with Crippen LogP contribution < -0.4 is 10.6 Å². The van der Waals surface area contributed by atoms with Crippen LogP contribution in [-0.4, -0.2) is 29.2 Å². The van der Waals surface area contributed by atoms with Gasteiger partial charge < -0.3 is 15.2 Å². The van der Waals surface area contributed by atoms with Gasteiger partial charge in [-0.05, 0) is 43.5 Å². The van der Waals surface area contributed by atoms with Gasteiger partial charge in [0.1, 0.15) is 12.4 Å². The zero-order valence-corrected chi connectivity index (χ0v) is 16.2. The van der Waals surface area contributed by atoms with Crippen molar-refractivity contribution in [2.45, 2.75) is 53.0 Å². The lowest BCUT2D eigenvalue weighted by molar-refractivity contribution is 0.318.